The van der Waals surface area contributed by atoms with Crippen LogP contribution >= 0.6 is 0 Å². The van der Waals surface area contributed by atoms with Crippen LogP contribution in [0.1, 0.15) is 39.0 Å². The monoisotopic (exact) mass is 252 g/mol. The molecule has 3 fully saturated rings. The van der Waals surface area contributed by atoms with Crippen molar-refractivity contribution < 1.29 is 4.74 Å². The molecule has 18 heavy (non-hydrogen) atoms. The van der Waals surface area contributed by atoms with Gasteiger partial charge in [-0.1, -0.05) is 0 Å². The smallest absolute Gasteiger partial charge is 0.0477 e. The molecule has 0 bridgehead atoms. The lowest BCUT2D eigenvalue weighted by Crippen LogP contribution is -2.60. The first-order valence-corrected chi connectivity index (χ1v) is 7.77. The van der Waals surface area contributed by atoms with Gasteiger partial charge in [0.25, 0.3) is 0 Å². The molecule has 3 atom stereocenters. The number of nitrogens with zero attached hydrogens (tertiary/aromatic N) is 1. The van der Waals surface area contributed by atoms with Gasteiger partial charge in [0.15, 0.2) is 0 Å². The van der Waals surface area contributed by atoms with E-state index in [1.165, 1.54) is 45.2 Å². The van der Waals surface area contributed by atoms with Crippen LogP contribution in [0, 0.1) is 11.8 Å². The van der Waals surface area contributed by atoms with Gasteiger partial charge in [0.1, 0.15) is 0 Å². The van der Waals surface area contributed by atoms with Crippen molar-refractivity contribution >= 4 is 0 Å². The molecule has 0 spiro atoms. The third kappa shape index (κ3) is 2.89. The molecule has 3 nitrogen and oxygen atoms in total. The third-order valence-electron chi connectivity index (χ3n) is 5.09. The Balaban J connectivity index is 1.60. The van der Waals surface area contributed by atoms with Crippen molar-refractivity contribution in [3.8, 4) is 0 Å². The molecule has 1 saturated heterocycles. The molecule has 1 N–H and O–H groups in total. The summed E-state index contributed by atoms with van der Waals surface area (Å²) in [5.41, 5.74) is 0. The number of hydrogen-bond donors (Lipinski definition) is 1. The third-order valence-corrected chi connectivity index (χ3v) is 5.09. The van der Waals surface area contributed by atoms with Gasteiger partial charge in [-0.3, -0.25) is 4.90 Å². The van der Waals surface area contributed by atoms with Gasteiger partial charge in [0.05, 0.1) is 0 Å². The highest BCUT2D eigenvalue weighted by Gasteiger charge is 2.43. The SMILES string of the molecule is COCCC(C)N1CC(C2CC2)NCC1C1CC1. The second-order valence-electron chi connectivity index (χ2n) is 6.58. The maximum Gasteiger partial charge on any atom is 0.0477 e. The Bertz CT molecular complexity index is 276. The lowest BCUT2D eigenvalue weighted by molar-refractivity contribution is 0.0535. The molecule has 1 heterocycles. The maximum absolute atomic E-state index is 5.26. The van der Waals surface area contributed by atoms with Gasteiger partial charge in [-0.2, -0.15) is 0 Å². The number of ether oxygens (including phenoxy) is 1. The maximum atomic E-state index is 5.26. The van der Waals surface area contributed by atoms with E-state index in [0.717, 1.165) is 30.5 Å². The number of hydrogen-bond acceptors (Lipinski definition) is 3. The molecule has 2 aliphatic carbocycles. The van der Waals surface area contributed by atoms with Crippen LogP contribution in [-0.2, 0) is 4.74 Å². The highest BCUT2D eigenvalue weighted by molar-refractivity contribution is 5.00. The highest BCUT2D eigenvalue weighted by Crippen LogP contribution is 2.40. The van der Waals surface area contributed by atoms with E-state index in [1.54, 1.807) is 0 Å². The summed E-state index contributed by atoms with van der Waals surface area (Å²) in [6.45, 7) is 5.79. The fourth-order valence-corrected chi connectivity index (χ4v) is 3.51. The second-order valence-corrected chi connectivity index (χ2v) is 6.58. The van der Waals surface area contributed by atoms with Gasteiger partial charge in [0.2, 0.25) is 0 Å². The van der Waals surface area contributed by atoms with Crippen LogP contribution in [0.25, 0.3) is 0 Å². The van der Waals surface area contributed by atoms with E-state index in [1.807, 2.05) is 7.11 Å². The van der Waals surface area contributed by atoms with E-state index in [4.69, 9.17) is 4.74 Å². The average molecular weight is 252 g/mol. The van der Waals surface area contributed by atoms with Crippen LogP contribution < -0.4 is 5.32 Å². The van der Waals surface area contributed by atoms with Crippen molar-refractivity contribution in [2.75, 3.05) is 26.8 Å². The van der Waals surface area contributed by atoms with Gasteiger partial charge in [0, 0.05) is 44.9 Å². The van der Waals surface area contributed by atoms with Gasteiger partial charge >= 0.3 is 0 Å². The predicted molar refractivity (Wildman–Crippen MR) is 73.7 cm³/mol. The molecule has 1 aliphatic heterocycles. The summed E-state index contributed by atoms with van der Waals surface area (Å²) < 4.78 is 5.26. The minimum absolute atomic E-state index is 0.680. The molecular formula is C15H28N2O. The van der Waals surface area contributed by atoms with Gasteiger partial charge < -0.3 is 10.1 Å². The molecule has 0 radical (unpaired) electrons. The summed E-state index contributed by atoms with van der Waals surface area (Å²) >= 11 is 0. The van der Waals surface area contributed by atoms with Crippen molar-refractivity contribution in [3.05, 3.63) is 0 Å². The fraction of sp³-hybridized carbons (Fsp3) is 1.00. The van der Waals surface area contributed by atoms with Crippen molar-refractivity contribution in [1.82, 2.24) is 10.2 Å². The summed E-state index contributed by atoms with van der Waals surface area (Å²) in [4.78, 5) is 2.80. The lowest BCUT2D eigenvalue weighted by atomic mass is 9.99. The van der Waals surface area contributed by atoms with E-state index in [-0.39, 0.29) is 0 Å². The summed E-state index contributed by atoms with van der Waals surface area (Å²) in [6, 6.07) is 2.25. The highest BCUT2D eigenvalue weighted by atomic mass is 16.5. The molecule has 3 unspecified atom stereocenters. The topological polar surface area (TPSA) is 24.5 Å². The molecule has 3 heteroatoms. The van der Waals surface area contributed by atoms with E-state index in [2.05, 4.69) is 17.1 Å². The molecular weight excluding hydrogens is 224 g/mol. The molecule has 2 saturated carbocycles. The second kappa shape index (κ2) is 5.48. The number of methoxy groups -OCH3 is 1. The van der Waals surface area contributed by atoms with Crippen LogP contribution in [0.15, 0.2) is 0 Å². The van der Waals surface area contributed by atoms with E-state index in [0.29, 0.717) is 6.04 Å². The van der Waals surface area contributed by atoms with Gasteiger partial charge in [-0.05, 0) is 50.9 Å². The van der Waals surface area contributed by atoms with Gasteiger partial charge in [-0.25, -0.2) is 0 Å². The van der Waals surface area contributed by atoms with Crippen molar-refractivity contribution in [1.29, 1.82) is 0 Å². The first-order valence-electron chi connectivity index (χ1n) is 7.77. The Morgan fingerprint density at radius 1 is 1.22 bits per heavy atom. The van der Waals surface area contributed by atoms with Crippen LogP contribution in [0.2, 0.25) is 0 Å². The molecule has 3 rings (SSSR count). The summed E-state index contributed by atoms with van der Waals surface area (Å²) in [7, 11) is 1.82. The normalized spacial score (nSPS) is 35.7. The number of nitrogens with one attached hydrogen (secondary N) is 1. The molecule has 0 aromatic carbocycles. The zero-order valence-electron chi connectivity index (χ0n) is 11.9. The number of rotatable bonds is 6. The first-order chi connectivity index (χ1) is 8.79. The Morgan fingerprint density at radius 2 is 1.94 bits per heavy atom. The Labute approximate surface area is 111 Å². The Morgan fingerprint density at radius 3 is 2.56 bits per heavy atom. The van der Waals surface area contributed by atoms with E-state index < -0.39 is 0 Å². The van der Waals surface area contributed by atoms with Crippen LogP contribution in [0.4, 0.5) is 0 Å². The number of piperazine rings is 1. The fourth-order valence-electron chi connectivity index (χ4n) is 3.51. The lowest BCUT2D eigenvalue weighted by Gasteiger charge is -2.44. The quantitative estimate of drug-likeness (QED) is 0.781. The van der Waals surface area contributed by atoms with Crippen LogP contribution in [0.5, 0.6) is 0 Å². The minimum Gasteiger partial charge on any atom is -0.385 e. The van der Waals surface area contributed by atoms with Crippen molar-refractivity contribution in [2.24, 2.45) is 11.8 Å². The molecule has 3 aliphatic rings. The van der Waals surface area contributed by atoms with Crippen LogP contribution in [0.3, 0.4) is 0 Å². The minimum atomic E-state index is 0.680. The Kier molecular flexibility index (Phi) is 3.92. The van der Waals surface area contributed by atoms with E-state index >= 15 is 0 Å². The van der Waals surface area contributed by atoms with Crippen LogP contribution in [-0.4, -0.2) is 49.8 Å². The van der Waals surface area contributed by atoms with Crippen molar-refractivity contribution in [2.45, 2.75) is 57.2 Å². The molecule has 104 valence electrons. The van der Waals surface area contributed by atoms with Gasteiger partial charge in [-0.15, -0.1) is 0 Å². The van der Waals surface area contributed by atoms with Crippen molar-refractivity contribution in [3.63, 3.8) is 0 Å². The Hall–Kier alpha value is -0.120. The average Bonchev–Trinajstić information content (AvgIpc) is 3.27. The summed E-state index contributed by atoms with van der Waals surface area (Å²) in [5, 5.41) is 3.82. The zero-order valence-corrected chi connectivity index (χ0v) is 11.9. The predicted octanol–water partition coefficient (Wildman–Crippen LogP) is 1.87. The zero-order chi connectivity index (χ0) is 12.5. The standard InChI is InChI=1S/C15H28N2O/c1-11(7-8-18-2)17-10-14(12-3-4-12)16-9-15(17)13-5-6-13/h11-16H,3-10H2,1-2H3. The molecule has 0 amide bonds. The van der Waals surface area contributed by atoms with E-state index in [9.17, 15) is 0 Å². The summed E-state index contributed by atoms with van der Waals surface area (Å²) in [5.74, 6) is 1.95. The molecule has 0 aromatic rings. The largest absolute Gasteiger partial charge is 0.385 e. The first kappa shape index (κ1) is 12.9. The summed E-state index contributed by atoms with van der Waals surface area (Å²) in [6.07, 6.45) is 6.98. The molecule has 0 aromatic heterocycles.